The number of para-hydroxylation sites is 2. The molecular weight excluding hydrogens is 422 g/mol. The molecule has 1 atom stereocenters. The van der Waals surface area contributed by atoms with Crippen LogP contribution in [-0.4, -0.2) is 39.2 Å². The quantitative estimate of drug-likeness (QED) is 0.424. The largest absolute Gasteiger partial charge is 0.337 e. The van der Waals surface area contributed by atoms with Crippen molar-refractivity contribution in [2.45, 2.75) is 19.1 Å². The molecular formula is C26H22F2N4O. The van der Waals surface area contributed by atoms with E-state index in [2.05, 4.69) is 4.98 Å². The molecule has 33 heavy (non-hydrogen) atoms. The van der Waals surface area contributed by atoms with Gasteiger partial charge in [0.1, 0.15) is 11.6 Å². The highest BCUT2D eigenvalue weighted by molar-refractivity contribution is 6.11. The maximum Gasteiger partial charge on any atom is 0.253 e. The van der Waals surface area contributed by atoms with Crippen LogP contribution in [0.5, 0.6) is 0 Å². The molecule has 1 saturated heterocycles. The summed E-state index contributed by atoms with van der Waals surface area (Å²) in [6.45, 7) is 2.42. The molecule has 0 saturated carbocycles. The zero-order chi connectivity index (χ0) is 23.1. The lowest BCUT2D eigenvalue weighted by Crippen LogP contribution is -2.49. The molecule has 1 aliphatic rings. The molecule has 166 valence electrons. The van der Waals surface area contributed by atoms with Gasteiger partial charge in [-0.2, -0.15) is 0 Å². The second-order valence-corrected chi connectivity index (χ2v) is 8.27. The van der Waals surface area contributed by atoms with E-state index >= 15 is 0 Å². The number of hydrogen-bond donors (Lipinski definition) is 1. The fraction of sp³-hybridized carbons (Fsp3) is 0.192. The van der Waals surface area contributed by atoms with E-state index in [-0.39, 0.29) is 17.5 Å². The van der Waals surface area contributed by atoms with Crippen LogP contribution in [0.25, 0.3) is 11.0 Å². The number of carbonyl (C=O) groups excluding carboxylic acids is 1. The number of likely N-dealkylation sites (tertiary alicyclic amines) is 1. The fourth-order valence-corrected chi connectivity index (χ4v) is 4.31. The number of fused-ring (bicyclic) bond motifs is 1. The molecule has 4 aromatic rings. The van der Waals surface area contributed by atoms with E-state index in [4.69, 9.17) is 5.41 Å². The van der Waals surface area contributed by atoms with E-state index in [0.29, 0.717) is 35.6 Å². The number of alkyl halides is 1. The third-order valence-electron chi connectivity index (χ3n) is 6.05. The Labute approximate surface area is 189 Å². The Morgan fingerprint density at radius 2 is 1.70 bits per heavy atom. The molecule has 2 heterocycles. The second-order valence-electron chi connectivity index (χ2n) is 8.27. The van der Waals surface area contributed by atoms with Crippen molar-refractivity contribution < 1.29 is 13.6 Å². The van der Waals surface area contributed by atoms with E-state index in [1.165, 1.54) is 19.1 Å². The lowest BCUT2D eigenvalue weighted by molar-refractivity contribution is 0.0587. The van der Waals surface area contributed by atoms with Crippen molar-refractivity contribution in [1.29, 1.82) is 5.41 Å². The van der Waals surface area contributed by atoms with Crippen molar-refractivity contribution in [2.75, 3.05) is 13.1 Å². The highest BCUT2D eigenvalue weighted by Gasteiger charge is 2.36. The Kier molecular flexibility index (Phi) is 5.24. The minimum absolute atomic E-state index is 0.0278. The van der Waals surface area contributed by atoms with Crippen molar-refractivity contribution in [3.05, 3.63) is 101 Å². The van der Waals surface area contributed by atoms with Crippen LogP contribution < -0.4 is 0 Å². The van der Waals surface area contributed by atoms with Crippen LogP contribution in [0.3, 0.4) is 0 Å². The molecule has 0 aliphatic carbocycles. The number of carbonyl (C=O) groups is 1. The van der Waals surface area contributed by atoms with Gasteiger partial charge in [0.25, 0.3) is 5.91 Å². The molecule has 1 fully saturated rings. The molecule has 0 bridgehead atoms. The van der Waals surface area contributed by atoms with Crippen molar-refractivity contribution in [3.8, 4) is 0 Å². The molecule has 1 amide bonds. The Hall–Kier alpha value is -3.87. The summed E-state index contributed by atoms with van der Waals surface area (Å²) in [5.41, 5.74) is 3.28. The lowest BCUT2D eigenvalue weighted by Gasteiger charge is -2.39. The van der Waals surface area contributed by atoms with E-state index < -0.39 is 12.1 Å². The van der Waals surface area contributed by atoms with E-state index in [1.807, 2.05) is 24.3 Å². The first kappa shape index (κ1) is 21.0. The van der Waals surface area contributed by atoms with Crippen molar-refractivity contribution >= 4 is 22.7 Å². The predicted molar refractivity (Wildman–Crippen MR) is 123 cm³/mol. The van der Waals surface area contributed by atoms with Crippen molar-refractivity contribution in [2.24, 2.45) is 0 Å². The number of halogens is 2. The maximum atomic E-state index is 14.4. The fourth-order valence-electron chi connectivity index (χ4n) is 4.31. The summed E-state index contributed by atoms with van der Waals surface area (Å²) in [5, 5.41) is 8.30. The molecule has 0 spiro atoms. The summed E-state index contributed by atoms with van der Waals surface area (Å²) in [4.78, 5) is 19.2. The van der Waals surface area contributed by atoms with Crippen molar-refractivity contribution in [3.63, 3.8) is 0 Å². The smallest absolute Gasteiger partial charge is 0.253 e. The minimum atomic E-state index is -1.21. The first-order valence-corrected chi connectivity index (χ1v) is 10.8. The van der Waals surface area contributed by atoms with Crippen LogP contribution in [-0.2, 0) is 0 Å². The zero-order valence-electron chi connectivity index (χ0n) is 18.0. The average molecular weight is 444 g/mol. The highest BCUT2D eigenvalue weighted by atomic mass is 19.1. The van der Waals surface area contributed by atoms with Gasteiger partial charge in [-0.25, -0.2) is 13.8 Å². The molecule has 5 nitrogen and oxygen atoms in total. The summed E-state index contributed by atoms with van der Waals surface area (Å²) in [5.74, 6) is 0.118. The normalized spacial score (nSPS) is 14.8. The van der Waals surface area contributed by atoms with Crippen LogP contribution in [0.4, 0.5) is 8.78 Å². The van der Waals surface area contributed by atoms with E-state index in [0.717, 1.165) is 11.0 Å². The number of aromatic nitrogens is 2. The van der Waals surface area contributed by atoms with Crippen LogP contribution in [0.1, 0.15) is 46.4 Å². The van der Waals surface area contributed by atoms with Crippen LogP contribution in [0, 0.1) is 11.2 Å². The average Bonchev–Trinajstić information content (AvgIpc) is 3.17. The first-order valence-electron chi connectivity index (χ1n) is 10.8. The van der Waals surface area contributed by atoms with Crippen molar-refractivity contribution in [1.82, 2.24) is 14.5 Å². The summed E-state index contributed by atoms with van der Waals surface area (Å²) in [6.07, 6.45) is -1.21. The Balaban J connectivity index is 1.29. The number of nitrogens with zero attached hydrogens (tertiary/aromatic N) is 3. The topological polar surface area (TPSA) is 62.0 Å². The van der Waals surface area contributed by atoms with Gasteiger partial charge in [0.05, 0.1) is 22.7 Å². The molecule has 7 heteroatoms. The predicted octanol–water partition coefficient (Wildman–Crippen LogP) is 5.32. The molecule has 5 rings (SSSR count). The third-order valence-corrected chi connectivity index (χ3v) is 6.05. The zero-order valence-corrected chi connectivity index (χ0v) is 18.0. The van der Waals surface area contributed by atoms with Gasteiger partial charge < -0.3 is 4.90 Å². The Bertz CT molecular complexity index is 1350. The standard InChI is InChI=1S/C26H22F2N4O/c1-16(27)32-23-8-3-2-7-22(23)30-25(32)20-14-31(15-20)26(33)18-11-9-17(10-12-18)24(29)19-5-4-6-21(28)13-19/h2-13,16,20,29H,14-15H2,1H3/t16-/m0/s1. The molecule has 0 radical (unpaired) electrons. The van der Waals surface area contributed by atoms with Gasteiger partial charge in [0, 0.05) is 29.8 Å². The van der Waals surface area contributed by atoms with Gasteiger partial charge in [0.15, 0.2) is 6.30 Å². The number of imidazole rings is 1. The minimum Gasteiger partial charge on any atom is -0.337 e. The Morgan fingerprint density at radius 3 is 2.39 bits per heavy atom. The number of nitrogens with one attached hydrogen (secondary N) is 1. The number of benzene rings is 3. The summed E-state index contributed by atoms with van der Waals surface area (Å²) in [7, 11) is 0. The van der Waals surface area contributed by atoms with Gasteiger partial charge in [0.2, 0.25) is 0 Å². The molecule has 1 aromatic heterocycles. The number of amides is 1. The summed E-state index contributed by atoms with van der Waals surface area (Å²) < 4.78 is 29.4. The highest BCUT2D eigenvalue weighted by Crippen LogP contribution is 2.33. The second kappa shape index (κ2) is 8.24. The summed E-state index contributed by atoms with van der Waals surface area (Å²) >= 11 is 0. The Morgan fingerprint density at radius 1 is 1.00 bits per heavy atom. The molecule has 0 unspecified atom stereocenters. The summed E-state index contributed by atoms with van der Waals surface area (Å²) in [6, 6.07) is 20.1. The first-order chi connectivity index (χ1) is 15.9. The number of rotatable bonds is 5. The van der Waals surface area contributed by atoms with E-state index in [1.54, 1.807) is 45.9 Å². The lowest BCUT2D eigenvalue weighted by atomic mass is 9.96. The van der Waals surface area contributed by atoms with Gasteiger partial charge in [-0.15, -0.1) is 0 Å². The van der Waals surface area contributed by atoms with E-state index in [9.17, 15) is 13.6 Å². The SMILES string of the molecule is C[C@@H](F)n1c(C2CN(C(=O)c3ccc(C(=N)c4cccc(F)c4)cc3)C2)nc2ccccc21. The van der Waals surface area contributed by atoms with Crippen LogP contribution >= 0.6 is 0 Å². The van der Waals surface area contributed by atoms with Crippen LogP contribution in [0.15, 0.2) is 72.8 Å². The maximum absolute atomic E-state index is 14.4. The molecule has 3 aromatic carbocycles. The molecule has 1 aliphatic heterocycles. The van der Waals surface area contributed by atoms with Gasteiger partial charge in [-0.1, -0.05) is 36.4 Å². The van der Waals surface area contributed by atoms with Gasteiger partial charge in [-0.05, 0) is 43.3 Å². The van der Waals surface area contributed by atoms with Gasteiger partial charge in [-0.3, -0.25) is 14.8 Å². The molecule has 1 N–H and O–H groups in total. The monoisotopic (exact) mass is 444 g/mol. The van der Waals surface area contributed by atoms with Gasteiger partial charge >= 0.3 is 0 Å². The number of hydrogen-bond acceptors (Lipinski definition) is 3. The third kappa shape index (κ3) is 3.80. The van der Waals surface area contributed by atoms with Crippen LogP contribution in [0.2, 0.25) is 0 Å².